The van der Waals surface area contributed by atoms with Crippen molar-refractivity contribution in [3.63, 3.8) is 0 Å². The second-order valence-electron chi connectivity index (χ2n) is 3.51. The fraction of sp³-hybridized carbons (Fsp3) is 0.231. The van der Waals surface area contributed by atoms with Crippen LogP contribution in [0, 0.1) is 6.92 Å². The average molecular weight is 246 g/mol. The van der Waals surface area contributed by atoms with Crippen molar-refractivity contribution >= 4 is 17.1 Å². The maximum absolute atomic E-state index is 5.43. The van der Waals surface area contributed by atoms with Crippen molar-refractivity contribution in [3.05, 3.63) is 41.8 Å². The first kappa shape index (κ1) is 11.8. The molecule has 17 heavy (non-hydrogen) atoms. The van der Waals surface area contributed by atoms with Gasteiger partial charge in [0.2, 0.25) is 0 Å². The molecular weight excluding hydrogens is 232 g/mol. The lowest BCUT2D eigenvalue weighted by Gasteiger charge is -2.06. The highest BCUT2D eigenvalue weighted by Gasteiger charge is 2.14. The lowest BCUT2D eigenvalue weighted by Crippen LogP contribution is -1.92. The van der Waals surface area contributed by atoms with Gasteiger partial charge in [-0.15, -0.1) is 11.3 Å². The van der Waals surface area contributed by atoms with Gasteiger partial charge in [0.1, 0.15) is 11.5 Å². The van der Waals surface area contributed by atoms with E-state index < -0.39 is 0 Å². The van der Waals surface area contributed by atoms with Crippen LogP contribution in [0.2, 0.25) is 0 Å². The monoisotopic (exact) mass is 246 g/mol. The molecule has 0 saturated carbocycles. The van der Waals surface area contributed by atoms with Crippen molar-refractivity contribution in [2.75, 3.05) is 6.61 Å². The third-order valence-corrected chi connectivity index (χ3v) is 3.26. The summed E-state index contributed by atoms with van der Waals surface area (Å²) in [5, 5.41) is 1.000. The standard InChI is InChI=1S/C13H14N2OS/c1-4-16-9(2)12-13(17-10(3)15-12)11-6-5-7-14-8-11/h5-8H,2,4H2,1,3H3. The molecule has 2 aromatic rings. The summed E-state index contributed by atoms with van der Waals surface area (Å²) in [6.45, 7) is 8.43. The van der Waals surface area contributed by atoms with E-state index in [0.717, 1.165) is 21.1 Å². The van der Waals surface area contributed by atoms with Crippen molar-refractivity contribution in [3.8, 4) is 10.4 Å². The summed E-state index contributed by atoms with van der Waals surface area (Å²) < 4.78 is 5.43. The van der Waals surface area contributed by atoms with Gasteiger partial charge < -0.3 is 4.74 Å². The van der Waals surface area contributed by atoms with Gasteiger partial charge >= 0.3 is 0 Å². The predicted octanol–water partition coefficient (Wildman–Crippen LogP) is 3.52. The van der Waals surface area contributed by atoms with Gasteiger partial charge in [-0.3, -0.25) is 4.98 Å². The summed E-state index contributed by atoms with van der Waals surface area (Å²) in [4.78, 5) is 9.66. The molecule has 0 amide bonds. The minimum atomic E-state index is 0.599. The van der Waals surface area contributed by atoms with Gasteiger partial charge in [-0.25, -0.2) is 4.98 Å². The van der Waals surface area contributed by atoms with Crippen molar-refractivity contribution in [1.29, 1.82) is 0 Å². The molecule has 0 atom stereocenters. The van der Waals surface area contributed by atoms with E-state index in [1.165, 1.54) is 0 Å². The largest absolute Gasteiger partial charge is 0.492 e. The van der Waals surface area contributed by atoms with Crippen LogP contribution in [0.5, 0.6) is 0 Å². The number of rotatable bonds is 4. The van der Waals surface area contributed by atoms with Crippen LogP contribution in [0.4, 0.5) is 0 Å². The second-order valence-corrected chi connectivity index (χ2v) is 4.71. The first-order valence-electron chi connectivity index (χ1n) is 5.42. The molecule has 2 aromatic heterocycles. The Morgan fingerprint density at radius 1 is 1.53 bits per heavy atom. The molecule has 0 aromatic carbocycles. The van der Waals surface area contributed by atoms with Crippen LogP contribution in [0.1, 0.15) is 17.6 Å². The molecule has 0 aliphatic rings. The Bertz CT molecular complexity index is 519. The Kier molecular flexibility index (Phi) is 3.54. The lowest BCUT2D eigenvalue weighted by atomic mass is 10.2. The highest BCUT2D eigenvalue weighted by molar-refractivity contribution is 7.15. The molecule has 0 bridgehead atoms. The third kappa shape index (κ3) is 2.53. The zero-order chi connectivity index (χ0) is 12.3. The Labute approximate surface area is 105 Å². The number of aryl methyl sites for hydroxylation is 1. The van der Waals surface area contributed by atoms with E-state index in [9.17, 15) is 0 Å². The molecule has 88 valence electrons. The van der Waals surface area contributed by atoms with Crippen molar-refractivity contribution in [2.24, 2.45) is 0 Å². The fourth-order valence-electron chi connectivity index (χ4n) is 1.55. The molecule has 0 fully saturated rings. The number of nitrogens with zero attached hydrogens (tertiary/aromatic N) is 2. The van der Waals surface area contributed by atoms with Crippen molar-refractivity contribution in [2.45, 2.75) is 13.8 Å². The zero-order valence-electron chi connectivity index (χ0n) is 9.93. The number of ether oxygens (including phenoxy) is 1. The van der Waals surface area contributed by atoms with Gasteiger partial charge in [-0.1, -0.05) is 12.6 Å². The summed E-state index contributed by atoms with van der Waals surface area (Å²) in [6.07, 6.45) is 3.59. The number of hydrogen-bond acceptors (Lipinski definition) is 4. The highest BCUT2D eigenvalue weighted by atomic mass is 32.1. The van der Waals surface area contributed by atoms with Crippen LogP contribution < -0.4 is 0 Å². The van der Waals surface area contributed by atoms with Crippen LogP contribution >= 0.6 is 11.3 Å². The minimum absolute atomic E-state index is 0.599. The lowest BCUT2D eigenvalue weighted by molar-refractivity contribution is 0.298. The van der Waals surface area contributed by atoms with E-state index in [1.807, 2.05) is 32.2 Å². The van der Waals surface area contributed by atoms with E-state index in [2.05, 4.69) is 16.5 Å². The Morgan fingerprint density at radius 3 is 3.00 bits per heavy atom. The molecule has 0 N–H and O–H groups in total. The minimum Gasteiger partial charge on any atom is -0.492 e. The van der Waals surface area contributed by atoms with E-state index in [-0.39, 0.29) is 0 Å². The van der Waals surface area contributed by atoms with Gasteiger partial charge in [-0.05, 0) is 19.9 Å². The zero-order valence-corrected chi connectivity index (χ0v) is 10.8. The molecular formula is C13H14N2OS. The third-order valence-electron chi connectivity index (χ3n) is 2.24. The predicted molar refractivity (Wildman–Crippen MR) is 70.7 cm³/mol. The molecule has 0 aliphatic heterocycles. The van der Waals surface area contributed by atoms with Crippen molar-refractivity contribution in [1.82, 2.24) is 9.97 Å². The van der Waals surface area contributed by atoms with Gasteiger partial charge in [0.25, 0.3) is 0 Å². The van der Waals surface area contributed by atoms with Crippen LogP contribution in [0.3, 0.4) is 0 Å². The summed E-state index contributed by atoms with van der Waals surface area (Å²) in [7, 11) is 0. The Hall–Kier alpha value is -1.68. The van der Waals surface area contributed by atoms with Gasteiger partial charge in [0, 0.05) is 18.0 Å². The maximum Gasteiger partial charge on any atom is 0.139 e. The molecule has 2 rings (SSSR count). The molecule has 3 nitrogen and oxygen atoms in total. The molecule has 0 saturated heterocycles. The Balaban J connectivity index is 2.44. The van der Waals surface area contributed by atoms with Crippen molar-refractivity contribution < 1.29 is 4.74 Å². The van der Waals surface area contributed by atoms with Crippen LogP contribution in [-0.2, 0) is 4.74 Å². The molecule has 4 heteroatoms. The smallest absolute Gasteiger partial charge is 0.139 e. The van der Waals surface area contributed by atoms with Crippen LogP contribution in [0.15, 0.2) is 31.1 Å². The molecule has 0 radical (unpaired) electrons. The van der Waals surface area contributed by atoms with E-state index in [0.29, 0.717) is 12.4 Å². The number of hydrogen-bond donors (Lipinski definition) is 0. The first-order valence-corrected chi connectivity index (χ1v) is 6.24. The van der Waals surface area contributed by atoms with E-state index in [1.54, 1.807) is 17.5 Å². The second kappa shape index (κ2) is 5.10. The molecule has 0 aliphatic carbocycles. The van der Waals surface area contributed by atoms with Crippen LogP contribution in [0.25, 0.3) is 16.2 Å². The van der Waals surface area contributed by atoms with Gasteiger partial charge in [0.15, 0.2) is 0 Å². The summed E-state index contributed by atoms with van der Waals surface area (Å²) in [5.41, 5.74) is 1.87. The molecule has 0 unspecified atom stereocenters. The van der Waals surface area contributed by atoms with Gasteiger partial charge in [0.05, 0.1) is 16.5 Å². The van der Waals surface area contributed by atoms with Crippen LogP contribution in [-0.4, -0.2) is 16.6 Å². The van der Waals surface area contributed by atoms with Gasteiger partial charge in [-0.2, -0.15) is 0 Å². The summed E-state index contributed by atoms with van der Waals surface area (Å²) >= 11 is 1.63. The number of aromatic nitrogens is 2. The quantitative estimate of drug-likeness (QED) is 0.774. The number of thiazole rings is 1. The SMILES string of the molecule is C=C(OCC)c1nc(C)sc1-c1cccnc1. The normalized spacial score (nSPS) is 10.2. The molecule has 0 spiro atoms. The maximum atomic E-state index is 5.43. The first-order chi connectivity index (χ1) is 8.22. The average Bonchev–Trinajstić information content (AvgIpc) is 2.73. The summed E-state index contributed by atoms with van der Waals surface area (Å²) in [6, 6.07) is 3.93. The number of pyridine rings is 1. The van der Waals surface area contributed by atoms with E-state index >= 15 is 0 Å². The summed E-state index contributed by atoms with van der Waals surface area (Å²) in [5.74, 6) is 0.621. The molecule has 2 heterocycles. The highest BCUT2D eigenvalue weighted by Crippen LogP contribution is 2.33. The topological polar surface area (TPSA) is 35.0 Å². The van der Waals surface area contributed by atoms with E-state index in [4.69, 9.17) is 4.74 Å². The Morgan fingerprint density at radius 2 is 2.35 bits per heavy atom. The fourth-order valence-corrected chi connectivity index (χ4v) is 2.48.